The SMILES string of the molecule is COc1ccccc1N1C(=O)[C@H]2C(C(=O)c3ccccc3)=NN(c3ccccc3OC)[C@@H]2C1=O. The number of hydrogen-bond donors (Lipinski definition) is 0. The smallest absolute Gasteiger partial charge is 0.260 e. The molecule has 5 rings (SSSR count). The second-order valence-corrected chi connectivity index (χ2v) is 7.80. The van der Waals surface area contributed by atoms with Gasteiger partial charge >= 0.3 is 0 Å². The van der Waals surface area contributed by atoms with Crippen molar-refractivity contribution in [1.29, 1.82) is 0 Å². The third-order valence-corrected chi connectivity index (χ3v) is 5.98. The minimum absolute atomic E-state index is 0.0119. The predicted octanol–water partition coefficient (Wildman–Crippen LogP) is 3.32. The number of hydrazone groups is 1. The van der Waals surface area contributed by atoms with Crippen LogP contribution in [0.5, 0.6) is 11.5 Å². The molecule has 0 aromatic heterocycles. The number of Topliss-reactive ketones (excluding diaryl/α,β-unsaturated/α-hetero) is 1. The zero-order valence-corrected chi connectivity index (χ0v) is 18.5. The molecule has 2 atom stereocenters. The Morgan fingerprint density at radius 3 is 1.97 bits per heavy atom. The van der Waals surface area contributed by atoms with E-state index in [4.69, 9.17) is 9.47 Å². The number of methoxy groups -OCH3 is 2. The summed E-state index contributed by atoms with van der Waals surface area (Å²) in [5.74, 6) is -1.66. The minimum atomic E-state index is -1.07. The molecule has 0 bridgehead atoms. The van der Waals surface area contributed by atoms with Gasteiger partial charge in [0.1, 0.15) is 34.9 Å². The van der Waals surface area contributed by atoms with E-state index in [1.807, 2.05) is 0 Å². The number of hydrogen-bond acceptors (Lipinski definition) is 7. The Balaban J connectivity index is 1.66. The summed E-state index contributed by atoms with van der Waals surface area (Å²) in [6.45, 7) is 0. The van der Waals surface area contributed by atoms with Crippen molar-refractivity contribution in [2.24, 2.45) is 11.0 Å². The Morgan fingerprint density at radius 1 is 0.765 bits per heavy atom. The number of imide groups is 1. The molecule has 0 radical (unpaired) electrons. The highest BCUT2D eigenvalue weighted by Gasteiger charge is 2.59. The van der Waals surface area contributed by atoms with Crippen molar-refractivity contribution in [3.05, 3.63) is 84.4 Å². The van der Waals surface area contributed by atoms with Crippen LogP contribution in [-0.2, 0) is 9.59 Å². The number of benzene rings is 3. The maximum absolute atomic E-state index is 13.7. The van der Waals surface area contributed by atoms with E-state index < -0.39 is 29.6 Å². The summed E-state index contributed by atoms with van der Waals surface area (Å²) in [5.41, 5.74) is 1.20. The summed E-state index contributed by atoms with van der Waals surface area (Å²) in [6.07, 6.45) is 0. The number of anilines is 2. The van der Waals surface area contributed by atoms with Gasteiger partial charge in [-0.3, -0.25) is 14.4 Å². The van der Waals surface area contributed by atoms with Crippen molar-refractivity contribution >= 4 is 34.7 Å². The third kappa shape index (κ3) is 3.23. The van der Waals surface area contributed by atoms with Gasteiger partial charge in [-0.1, -0.05) is 54.6 Å². The molecule has 1 fully saturated rings. The Morgan fingerprint density at radius 2 is 1.32 bits per heavy atom. The minimum Gasteiger partial charge on any atom is -0.495 e. The van der Waals surface area contributed by atoms with Crippen LogP contribution in [0, 0.1) is 5.92 Å². The first kappa shape index (κ1) is 21.4. The highest BCUT2D eigenvalue weighted by Crippen LogP contribution is 2.43. The van der Waals surface area contributed by atoms with E-state index in [-0.39, 0.29) is 5.71 Å². The van der Waals surface area contributed by atoms with Gasteiger partial charge in [-0.05, 0) is 24.3 Å². The molecule has 1 saturated heterocycles. The lowest BCUT2D eigenvalue weighted by Crippen LogP contribution is -2.39. The molecule has 2 aliphatic heterocycles. The van der Waals surface area contributed by atoms with Crippen LogP contribution in [0.2, 0.25) is 0 Å². The van der Waals surface area contributed by atoms with Gasteiger partial charge in [0.25, 0.3) is 5.91 Å². The number of carbonyl (C=O) groups excluding carboxylic acids is 3. The second kappa shape index (κ2) is 8.47. The van der Waals surface area contributed by atoms with Crippen molar-refractivity contribution in [2.75, 3.05) is 24.1 Å². The summed E-state index contributed by atoms with van der Waals surface area (Å²) in [7, 11) is 2.98. The van der Waals surface area contributed by atoms with Crippen molar-refractivity contribution in [2.45, 2.75) is 6.04 Å². The van der Waals surface area contributed by atoms with Crippen molar-refractivity contribution in [1.82, 2.24) is 0 Å². The summed E-state index contributed by atoms with van der Waals surface area (Å²) in [5, 5.41) is 5.95. The first-order chi connectivity index (χ1) is 16.6. The van der Waals surface area contributed by atoms with Gasteiger partial charge in [0.05, 0.1) is 19.9 Å². The summed E-state index contributed by atoms with van der Waals surface area (Å²) >= 11 is 0. The molecule has 170 valence electrons. The van der Waals surface area contributed by atoms with Crippen molar-refractivity contribution < 1.29 is 23.9 Å². The Bertz CT molecular complexity index is 1320. The standard InChI is InChI=1S/C26H21N3O5/c1-33-19-14-8-6-12-17(19)28-25(31)21-22(24(30)16-10-4-3-5-11-16)27-29(23(21)26(28)32)18-13-7-9-15-20(18)34-2/h3-15,21,23H,1-2H3/t21-,23-/m0/s1. The molecular weight excluding hydrogens is 434 g/mol. The van der Waals surface area contributed by atoms with E-state index in [0.29, 0.717) is 28.4 Å². The number of rotatable bonds is 6. The Hall–Kier alpha value is -4.46. The number of para-hydroxylation sites is 4. The lowest BCUT2D eigenvalue weighted by atomic mass is 9.92. The lowest BCUT2D eigenvalue weighted by Gasteiger charge is -2.24. The molecule has 8 heteroatoms. The molecule has 0 spiro atoms. The maximum atomic E-state index is 13.7. The fraction of sp³-hybridized carbons (Fsp3) is 0.154. The molecule has 0 aliphatic carbocycles. The molecule has 0 unspecified atom stereocenters. The molecule has 0 saturated carbocycles. The van der Waals surface area contributed by atoms with Crippen LogP contribution >= 0.6 is 0 Å². The van der Waals surface area contributed by atoms with Crippen LogP contribution in [0.3, 0.4) is 0 Å². The van der Waals surface area contributed by atoms with Gasteiger partial charge in [-0.25, -0.2) is 9.91 Å². The largest absolute Gasteiger partial charge is 0.495 e. The molecule has 34 heavy (non-hydrogen) atoms. The zero-order valence-electron chi connectivity index (χ0n) is 18.5. The number of fused-ring (bicyclic) bond motifs is 1. The summed E-state index contributed by atoms with van der Waals surface area (Å²) in [4.78, 5) is 42.0. The summed E-state index contributed by atoms with van der Waals surface area (Å²) in [6, 6.07) is 21.4. The van der Waals surface area contributed by atoms with E-state index in [1.54, 1.807) is 78.9 Å². The van der Waals surface area contributed by atoms with Crippen LogP contribution in [0.4, 0.5) is 11.4 Å². The normalized spacial score (nSPS) is 19.2. The van der Waals surface area contributed by atoms with E-state index in [1.165, 1.54) is 19.2 Å². The van der Waals surface area contributed by atoms with Gasteiger partial charge in [0.2, 0.25) is 11.7 Å². The van der Waals surface area contributed by atoms with E-state index in [2.05, 4.69) is 5.10 Å². The monoisotopic (exact) mass is 455 g/mol. The fourth-order valence-electron chi connectivity index (χ4n) is 4.41. The van der Waals surface area contributed by atoms with Crippen LogP contribution in [-0.4, -0.2) is 43.6 Å². The zero-order chi connectivity index (χ0) is 23.8. The quantitative estimate of drug-likeness (QED) is 0.419. The van der Waals surface area contributed by atoms with Crippen LogP contribution in [0.25, 0.3) is 0 Å². The van der Waals surface area contributed by atoms with Gasteiger partial charge in [-0.15, -0.1) is 0 Å². The molecule has 2 aliphatic rings. The molecule has 3 aromatic carbocycles. The second-order valence-electron chi connectivity index (χ2n) is 7.80. The van der Waals surface area contributed by atoms with E-state index >= 15 is 0 Å². The molecule has 0 N–H and O–H groups in total. The van der Waals surface area contributed by atoms with Gasteiger partial charge < -0.3 is 9.47 Å². The number of amides is 2. The van der Waals surface area contributed by atoms with Crippen LogP contribution in [0.1, 0.15) is 10.4 Å². The van der Waals surface area contributed by atoms with Crippen molar-refractivity contribution in [3.63, 3.8) is 0 Å². The number of ketones is 1. The maximum Gasteiger partial charge on any atom is 0.260 e. The van der Waals surface area contributed by atoms with E-state index in [0.717, 1.165) is 4.90 Å². The van der Waals surface area contributed by atoms with Gasteiger partial charge in [0.15, 0.2) is 0 Å². The number of ether oxygens (including phenoxy) is 2. The van der Waals surface area contributed by atoms with Gasteiger partial charge in [-0.2, -0.15) is 5.10 Å². The number of carbonyl (C=O) groups is 3. The average molecular weight is 455 g/mol. The molecule has 2 heterocycles. The first-order valence-corrected chi connectivity index (χ1v) is 10.7. The summed E-state index contributed by atoms with van der Waals surface area (Å²) < 4.78 is 10.9. The average Bonchev–Trinajstić information content (AvgIpc) is 3.40. The predicted molar refractivity (Wildman–Crippen MR) is 126 cm³/mol. The highest BCUT2D eigenvalue weighted by molar-refractivity contribution is 6.53. The molecule has 8 nitrogen and oxygen atoms in total. The van der Waals surface area contributed by atoms with Crippen molar-refractivity contribution in [3.8, 4) is 11.5 Å². The molecule has 3 aromatic rings. The van der Waals surface area contributed by atoms with Gasteiger partial charge in [0, 0.05) is 5.56 Å². The van der Waals surface area contributed by atoms with E-state index in [9.17, 15) is 14.4 Å². The Kier molecular flexibility index (Phi) is 5.33. The first-order valence-electron chi connectivity index (χ1n) is 10.7. The molecular formula is C26H21N3O5. The lowest BCUT2D eigenvalue weighted by molar-refractivity contribution is -0.121. The highest BCUT2D eigenvalue weighted by atomic mass is 16.5. The molecule has 2 amide bonds. The Labute approximate surface area is 196 Å². The third-order valence-electron chi connectivity index (χ3n) is 5.98. The fourth-order valence-corrected chi connectivity index (χ4v) is 4.41. The topological polar surface area (TPSA) is 88.5 Å². The van der Waals surface area contributed by atoms with Crippen LogP contribution < -0.4 is 19.4 Å². The van der Waals surface area contributed by atoms with Crippen LogP contribution in [0.15, 0.2) is 84.0 Å². The number of nitrogens with zero attached hydrogens (tertiary/aromatic N) is 3.